The molecule has 0 bridgehead atoms. The Balaban J connectivity index is 1.77. The molecular formula is C23H39NO2. The highest BCUT2D eigenvalue weighted by Crippen LogP contribution is 2.13. The fourth-order valence-electron chi connectivity index (χ4n) is 3.14. The SMILES string of the molecule is CCCCCCCCCCCCCCCCOC(=O)Nc1ccccc1. The molecule has 1 N–H and O–H groups in total. The highest BCUT2D eigenvalue weighted by molar-refractivity contribution is 5.84. The number of carbonyl (C=O) groups excluding carboxylic acids is 1. The maximum absolute atomic E-state index is 11.6. The lowest BCUT2D eigenvalue weighted by Gasteiger charge is -2.07. The zero-order chi connectivity index (χ0) is 18.7. The van der Waals surface area contributed by atoms with E-state index in [1.165, 1.54) is 77.0 Å². The van der Waals surface area contributed by atoms with Crippen LogP contribution in [0.4, 0.5) is 10.5 Å². The molecule has 148 valence electrons. The topological polar surface area (TPSA) is 38.3 Å². The van der Waals surface area contributed by atoms with Crippen molar-refractivity contribution in [3.05, 3.63) is 30.3 Å². The highest BCUT2D eigenvalue weighted by atomic mass is 16.5. The second-order valence-electron chi connectivity index (χ2n) is 7.22. The van der Waals surface area contributed by atoms with Gasteiger partial charge in [0.2, 0.25) is 0 Å². The standard InChI is InChI=1S/C23H39NO2/c1-2-3-4-5-6-7-8-9-10-11-12-13-14-18-21-26-23(25)24-22-19-16-15-17-20-22/h15-17,19-20H,2-14,18,21H2,1H3,(H,24,25). The van der Waals surface area contributed by atoms with E-state index in [0.717, 1.165) is 18.5 Å². The third-order valence-electron chi connectivity index (χ3n) is 4.75. The Morgan fingerprint density at radius 1 is 0.731 bits per heavy atom. The minimum atomic E-state index is -0.356. The Hall–Kier alpha value is -1.51. The quantitative estimate of drug-likeness (QED) is 0.306. The number of amides is 1. The lowest BCUT2D eigenvalue weighted by molar-refractivity contribution is 0.159. The first-order valence-corrected chi connectivity index (χ1v) is 10.8. The van der Waals surface area contributed by atoms with Crippen LogP contribution in [0.5, 0.6) is 0 Å². The van der Waals surface area contributed by atoms with Crippen LogP contribution in [0.1, 0.15) is 96.8 Å². The molecule has 0 atom stereocenters. The molecule has 0 heterocycles. The van der Waals surface area contributed by atoms with Gasteiger partial charge in [-0.3, -0.25) is 5.32 Å². The van der Waals surface area contributed by atoms with E-state index in [2.05, 4.69) is 12.2 Å². The van der Waals surface area contributed by atoms with E-state index in [1.54, 1.807) is 0 Å². The summed E-state index contributed by atoms with van der Waals surface area (Å²) in [5.74, 6) is 0. The Morgan fingerprint density at radius 3 is 1.69 bits per heavy atom. The number of unbranched alkanes of at least 4 members (excludes halogenated alkanes) is 13. The highest BCUT2D eigenvalue weighted by Gasteiger charge is 2.02. The zero-order valence-electron chi connectivity index (χ0n) is 16.8. The fraction of sp³-hybridized carbons (Fsp3) is 0.696. The van der Waals surface area contributed by atoms with Crippen LogP contribution in [0.3, 0.4) is 0 Å². The maximum Gasteiger partial charge on any atom is 0.411 e. The molecule has 0 aromatic heterocycles. The predicted octanol–water partition coefficient (Wildman–Crippen LogP) is 7.72. The van der Waals surface area contributed by atoms with Crippen molar-refractivity contribution in [2.45, 2.75) is 96.8 Å². The lowest BCUT2D eigenvalue weighted by Crippen LogP contribution is -2.14. The van der Waals surface area contributed by atoms with Crippen LogP contribution in [0.15, 0.2) is 30.3 Å². The van der Waals surface area contributed by atoms with Crippen LogP contribution in [-0.2, 0) is 4.74 Å². The number of hydrogen-bond donors (Lipinski definition) is 1. The molecule has 26 heavy (non-hydrogen) atoms. The molecule has 1 aromatic rings. The summed E-state index contributed by atoms with van der Waals surface area (Å²) in [5, 5.41) is 2.73. The van der Waals surface area contributed by atoms with Gasteiger partial charge in [0.25, 0.3) is 0 Å². The van der Waals surface area contributed by atoms with E-state index in [4.69, 9.17) is 4.74 Å². The zero-order valence-corrected chi connectivity index (χ0v) is 16.8. The molecule has 3 heteroatoms. The number of hydrogen-bond acceptors (Lipinski definition) is 2. The molecule has 0 saturated heterocycles. The molecule has 0 radical (unpaired) electrons. The van der Waals surface area contributed by atoms with Gasteiger partial charge in [-0.25, -0.2) is 4.79 Å². The van der Waals surface area contributed by atoms with Crippen molar-refractivity contribution in [3.8, 4) is 0 Å². The minimum absolute atomic E-state index is 0.356. The largest absolute Gasteiger partial charge is 0.449 e. The van der Waals surface area contributed by atoms with Crippen molar-refractivity contribution >= 4 is 11.8 Å². The van der Waals surface area contributed by atoms with Crippen molar-refractivity contribution in [1.29, 1.82) is 0 Å². The Labute approximate surface area is 160 Å². The predicted molar refractivity (Wildman–Crippen MR) is 112 cm³/mol. The number of ether oxygens (including phenoxy) is 1. The van der Waals surface area contributed by atoms with E-state index in [9.17, 15) is 4.79 Å². The number of carbonyl (C=O) groups is 1. The van der Waals surface area contributed by atoms with Gasteiger partial charge in [0.05, 0.1) is 6.61 Å². The smallest absolute Gasteiger partial charge is 0.411 e. The van der Waals surface area contributed by atoms with Gasteiger partial charge in [-0.05, 0) is 18.6 Å². The summed E-state index contributed by atoms with van der Waals surface area (Å²) < 4.78 is 5.20. The number of benzene rings is 1. The van der Waals surface area contributed by atoms with Crippen LogP contribution in [0.2, 0.25) is 0 Å². The van der Waals surface area contributed by atoms with Crippen molar-refractivity contribution < 1.29 is 9.53 Å². The van der Waals surface area contributed by atoms with Crippen molar-refractivity contribution in [2.75, 3.05) is 11.9 Å². The summed E-state index contributed by atoms with van der Waals surface area (Å²) in [6.45, 7) is 2.78. The summed E-state index contributed by atoms with van der Waals surface area (Å²) in [6, 6.07) is 9.42. The van der Waals surface area contributed by atoms with Gasteiger partial charge in [-0.15, -0.1) is 0 Å². The fourth-order valence-corrected chi connectivity index (χ4v) is 3.14. The number of para-hydroxylation sites is 1. The molecule has 0 aliphatic rings. The average molecular weight is 362 g/mol. The monoisotopic (exact) mass is 361 g/mol. The molecule has 1 amide bonds. The average Bonchev–Trinajstić information content (AvgIpc) is 2.65. The van der Waals surface area contributed by atoms with Gasteiger partial charge in [-0.2, -0.15) is 0 Å². The third-order valence-corrected chi connectivity index (χ3v) is 4.75. The molecule has 1 aromatic carbocycles. The van der Waals surface area contributed by atoms with E-state index < -0.39 is 0 Å². The van der Waals surface area contributed by atoms with Gasteiger partial charge < -0.3 is 4.74 Å². The van der Waals surface area contributed by atoms with Crippen LogP contribution < -0.4 is 5.32 Å². The van der Waals surface area contributed by atoms with E-state index >= 15 is 0 Å². The Bertz CT molecular complexity index is 433. The first-order valence-electron chi connectivity index (χ1n) is 10.8. The van der Waals surface area contributed by atoms with E-state index in [-0.39, 0.29) is 6.09 Å². The minimum Gasteiger partial charge on any atom is -0.449 e. The Morgan fingerprint density at radius 2 is 1.19 bits per heavy atom. The number of rotatable bonds is 16. The van der Waals surface area contributed by atoms with Gasteiger partial charge >= 0.3 is 6.09 Å². The molecule has 0 aliphatic carbocycles. The van der Waals surface area contributed by atoms with Crippen molar-refractivity contribution in [2.24, 2.45) is 0 Å². The second-order valence-corrected chi connectivity index (χ2v) is 7.22. The molecular weight excluding hydrogens is 322 g/mol. The summed E-state index contributed by atoms with van der Waals surface area (Å²) in [7, 11) is 0. The molecule has 0 fully saturated rings. The summed E-state index contributed by atoms with van der Waals surface area (Å²) in [6.07, 6.45) is 18.3. The number of anilines is 1. The molecule has 0 aliphatic heterocycles. The van der Waals surface area contributed by atoms with Crippen LogP contribution >= 0.6 is 0 Å². The lowest BCUT2D eigenvalue weighted by atomic mass is 10.0. The summed E-state index contributed by atoms with van der Waals surface area (Å²) in [4.78, 5) is 11.6. The van der Waals surface area contributed by atoms with Crippen LogP contribution in [-0.4, -0.2) is 12.7 Å². The van der Waals surface area contributed by atoms with Gasteiger partial charge in [-0.1, -0.05) is 109 Å². The third kappa shape index (κ3) is 13.7. The van der Waals surface area contributed by atoms with Crippen LogP contribution in [0.25, 0.3) is 0 Å². The molecule has 0 spiro atoms. The van der Waals surface area contributed by atoms with Gasteiger partial charge in [0.1, 0.15) is 0 Å². The summed E-state index contributed by atoms with van der Waals surface area (Å²) in [5.41, 5.74) is 0.776. The number of nitrogens with one attached hydrogen (secondary N) is 1. The first-order chi connectivity index (χ1) is 12.8. The normalized spacial score (nSPS) is 10.7. The van der Waals surface area contributed by atoms with E-state index in [1.807, 2.05) is 30.3 Å². The second kappa shape index (κ2) is 16.9. The summed E-state index contributed by atoms with van der Waals surface area (Å²) >= 11 is 0. The van der Waals surface area contributed by atoms with Crippen molar-refractivity contribution in [1.82, 2.24) is 0 Å². The Kier molecular flexibility index (Phi) is 14.7. The maximum atomic E-state index is 11.6. The first kappa shape index (κ1) is 22.5. The molecule has 3 nitrogen and oxygen atoms in total. The van der Waals surface area contributed by atoms with Gasteiger partial charge in [0, 0.05) is 5.69 Å². The molecule has 1 rings (SSSR count). The molecule has 0 unspecified atom stereocenters. The van der Waals surface area contributed by atoms with Crippen molar-refractivity contribution in [3.63, 3.8) is 0 Å². The van der Waals surface area contributed by atoms with E-state index in [0.29, 0.717) is 6.61 Å². The van der Waals surface area contributed by atoms with Gasteiger partial charge in [0.15, 0.2) is 0 Å². The molecule has 0 saturated carbocycles. The van der Waals surface area contributed by atoms with Crippen LogP contribution in [0, 0.1) is 0 Å².